The highest BCUT2D eigenvalue weighted by Crippen LogP contribution is 2.24. The number of rotatable bonds is 3. The lowest BCUT2D eigenvalue weighted by Crippen LogP contribution is -1.97. The SMILES string of the molecule is CCc1ccc(O)c(NN=C(C#N)C#N)c1. The number of anilines is 1. The number of hydrazone groups is 1. The first kappa shape index (κ1) is 11.5. The lowest BCUT2D eigenvalue weighted by Gasteiger charge is -2.05. The molecule has 0 aromatic heterocycles. The molecule has 0 aliphatic rings. The summed E-state index contributed by atoms with van der Waals surface area (Å²) < 4.78 is 0. The van der Waals surface area contributed by atoms with Gasteiger partial charge >= 0.3 is 0 Å². The molecular weight excluding hydrogens is 204 g/mol. The van der Waals surface area contributed by atoms with E-state index >= 15 is 0 Å². The summed E-state index contributed by atoms with van der Waals surface area (Å²) in [5.74, 6) is 0.0242. The quantitative estimate of drug-likeness (QED) is 0.455. The number of nitrogens with zero attached hydrogens (tertiary/aromatic N) is 3. The zero-order valence-electron chi connectivity index (χ0n) is 8.73. The zero-order valence-corrected chi connectivity index (χ0v) is 8.73. The van der Waals surface area contributed by atoms with Gasteiger partial charge in [-0.2, -0.15) is 15.6 Å². The summed E-state index contributed by atoms with van der Waals surface area (Å²) in [6.45, 7) is 1.98. The summed E-state index contributed by atoms with van der Waals surface area (Å²) in [6.07, 6.45) is 0.821. The normalized spacial score (nSPS) is 8.69. The number of phenols is 1. The second-order valence-corrected chi connectivity index (χ2v) is 3.00. The second-order valence-electron chi connectivity index (χ2n) is 3.00. The Bertz CT molecular complexity index is 478. The molecule has 1 aromatic rings. The van der Waals surface area contributed by atoms with Crippen molar-refractivity contribution in [1.82, 2.24) is 0 Å². The maximum Gasteiger partial charge on any atom is 0.237 e. The summed E-state index contributed by atoms with van der Waals surface area (Å²) in [7, 11) is 0. The molecule has 5 nitrogen and oxygen atoms in total. The predicted molar refractivity (Wildman–Crippen MR) is 59.8 cm³/mol. The molecule has 0 saturated carbocycles. The molecule has 1 rings (SSSR count). The molecule has 0 fully saturated rings. The van der Waals surface area contributed by atoms with E-state index < -0.39 is 0 Å². The van der Waals surface area contributed by atoms with Crippen LogP contribution < -0.4 is 5.43 Å². The molecule has 0 saturated heterocycles. The summed E-state index contributed by atoms with van der Waals surface area (Å²) in [4.78, 5) is 0. The Morgan fingerprint density at radius 3 is 2.69 bits per heavy atom. The summed E-state index contributed by atoms with van der Waals surface area (Å²) in [6, 6.07) is 8.27. The van der Waals surface area contributed by atoms with E-state index in [-0.39, 0.29) is 11.5 Å². The van der Waals surface area contributed by atoms with Gasteiger partial charge in [0, 0.05) is 0 Å². The van der Waals surface area contributed by atoms with Crippen LogP contribution in [0.15, 0.2) is 23.3 Å². The van der Waals surface area contributed by atoms with Gasteiger partial charge in [-0.15, -0.1) is 0 Å². The number of nitriles is 2. The van der Waals surface area contributed by atoms with Crippen LogP contribution in [0.5, 0.6) is 5.75 Å². The van der Waals surface area contributed by atoms with Crippen molar-refractivity contribution in [2.75, 3.05) is 5.43 Å². The van der Waals surface area contributed by atoms with Crippen molar-refractivity contribution in [3.8, 4) is 17.9 Å². The highest BCUT2D eigenvalue weighted by atomic mass is 16.3. The predicted octanol–water partition coefficient (Wildman–Crippen LogP) is 1.77. The van der Waals surface area contributed by atoms with E-state index in [1.807, 2.05) is 6.92 Å². The fourth-order valence-electron chi connectivity index (χ4n) is 1.08. The van der Waals surface area contributed by atoms with Crippen LogP contribution in [0, 0.1) is 22.7 Å². The Kier molecular flexibility index (Phi) is 3.88. The van der Waals surface area contributed by atoms with Crippen molar-refractivity contribution in [3.63, 3.8) is 0 Å². The largest absolute Gasteiger partial charge is 0.506 e. The van der Waals surface area contributed by atoms with Crippen LogP contribution in [0.2, 0.25) is 0 Å². The van der Waals surface area contributed by atoms with Crippen molar-refractivity contribution in [1.29, 1.82) is 10.5 Å². The Morgan fingerprint density at radius 2 is 2.12 bits per heavy atom. The third-order valence-electron chi connectivity index (χ3n) is 1.97. The molecular formula is C11H10N4O. The molecule has 80 valence electrons. The number of aryl methyl sites for hydroxylation is 1. The van der Waals surface area contributed by atoms with Crippen LogP contribution in [0.3, 0.4) is 0 Å². The number of aromatic hydroxyl groups is 1. The molecule has 5 heteroatoms. The van der Waals surface area contributed by atoms with E-state index in [0.717, 1.165) is 12.0 Å². The molecule has 0 unspecified atom stereocenters. The standard InChI is InChI=1S/C11H10N4O/c1-2-8-3-4-11(16)10(5-8)15-14-9(6-12)7-13/h3-5,15-16H,2H2,1H3. The fraction of sp³-hybridized carbons (Fsp3) is 0.182. The molecule has 0 heterocycles. The highest BCUT2D eigenvalue weighted by molar-refractivity contribution is 6.10. The summed E-state index contributed by atoms with van der Waals surface area (Å²) >= 11 is 0. The van der Waals surface area contributed by atoms with Gasteiger partial charge in [-0.05, 0) is 24.1 Å². The lowest BCUT2D eigenvalue weighted by atomic mass is 10.1. The van der Waals surface area contributed by atoms with Gasteiger partial charge < -0.3 is 5.11 Å². The van der Waals surface area contributed by atoms with Crippen molar-refractivity contribution >= 4 is 11.4 Å². The van der Waals surface area contributed by atoms with Crippen molar-refractivity contribution < 1.29 is 5.11 Å². The minimum atomic E-state index is -0.290. The van der Waals surface area contributed by atoms with Crippen molar-refractivity contribution in [2.24, 2.45) is 5.10 Å². The number of hydrogen-bond donors (Lipinski definition) is 2. The van der Waals surface area contributed by atoms with E-state index in [4.69, 9.17) is 10.5 Å². The third-order valence-corrected chi connectivity index (χ3v) is 1.97. The van der Waals surface area contributed by atoms with Crippen LogP contribution in [0.1, 0.15) is 12.5 Å². The Morgan fingerprint density at radius 1 is 1.44 bits per heavy atom. The molecule has 1 aromatic carbocycles. The average molecular weight is 214 g/mol. The minimum absolute atomic E-state index is 0.0242. The first-order chi connectivity index (χ1) is 7.71. The Hall–Kier alpha value is -2.53. The number of phenolic OH excluding ortho intramolecular Hbond substituents is 1. The molecule has 0 amide bonds. The molecule has 0 aliphatic carbocycles. The molecule has 0 atom stereocenters. The van der Waals surface area contributed by atoms with Gasteiger partial charge in [0.1, 0.15) is 17.9 Å². The van der Waals surface area contributed by atoms with Gasteiger partial charge in [0.2, 0.25) is 5.71 Å². The van der Waals surface area contributed by atoms with Crippen LogP contribution in [0.4, 0.5) is 5.69 Å². The summed E-state index contributed by atoms with van der Waals surface area (Å²) in [5.41, 5.74) is 3.59. The van der Waals surface area contributed by atoms with E-state index in [1.54, 1.807) is 24.3 Å². The average Bonchev–Trinajstić information content (AvgIpc) is 2.32. The third kappa shape index (κ3) is 2.73. The van der Waals surface area contributed by atoms with Crippen LogP contribution in [-0.4, -0.2) is 10.8 Å². The smallest absolute Gasteiger partial charge is 0.237 e. The Balaban J connectivity index is 2.94. The lowest BCUT2D eigenvalue weighted by molar-refractivity contribution is 0.477. The van der Waals surface area contributed by atoms with Gasteiger partial charge in [0.15, 0.2) is 0 Å². The monoisotopic (exact) mass is 214 g/mol. The molecule has 2 N–H and O–H groups in total. The summed E-state index contributed by atoms with van der Waals surface area (Å²) in [5, 5.41) is 30.0. The second kappa shape index (κ2) is 5.38. The first-order valence-electron chi connectivity index (χ1n) is 4.67. The number of benzene rings is 1. The number of nitrogens with one attached hydrogen (secondary N) is 1. The van der Waals surface area contributed by atoms with Crippen LogP contribution in [0.25, 0.3) is 0 Å². The zero-order chi connectivity index (χ0) is 12.0. The maximum absolute atomic E-state index is 9.49. The van der Waals surface area contributed by atoms with Gasteiger partial charge in [0.05, 0.1) is 5.69 Å². The van der Waals surface area contributed by atoms with Crippen molar-refractivity contribution in [2.45, 2.75) is 13.3 Å². The van der Waals surface area contributed by atoms with Gasteiger partial charge in [-0.1, -0.05) is 13.0 Å². The van der Waals surface area contributed by atoms with Crippen LogP contribution in [-0.2, 0) is 6.42 Å². The van der Waals surface area contributed by atoms with E-state index in [1.165, 1.54) is 6.07 Å². The number of hydrogen-bond acceptors (Lipinski definition) is 5. The maximum atomic E-state index is 9.49. The molecule has 16 heavy (non-hydrogen) atoms. The van der Waals surface area contributed by atoms with E-state index in [9.17, 15) is 5.11 Å². The minimum Gasteiger partial charge on any atom is -0.506 e. The topological polar surface area (TPSA) is 92.2 Å². The Labute approximate surface area is 93.3 Å². The van der Waals surface area contributed by atoms with Gasteiger partial charge in [0.25, 0.3) is 0 Å². The first-order valence-corrected chi connectivity index (χ1v) is 4.67. The highest BCUT2D eigenvalue weighted by Gasteiger charge is 2.01. The molecule has 0 aliphatic heterocycles. The molecule has 0 bridgehead atoms. The van der Waals surface area contributed by atoms with E-state index in [0.29, 0.717) is 5.69 Å². The van der Waals surface area contributed by atoms with E-state index in [2.05, 4.69) is 10.5 Å². The van der Waals surface area contributed by atoms with Crippen LogP contribution >= 0.6 is 0 Å². The fourth-order valence-corrected chi connectivity index (χ4v) is 1.08. The van der Waals surface area contributed by atoms with Crippen molar-refractivity contribution in [3.05, 3.63) is 23.8 Å². The van der Waals surface area contributed by atoms with Gasteiger partial charge in [-0.25, -0.2) is 0 Å². The molecule has 0 spiro atoms. The molecule has 0 radical (unpaired) electrons. The van der Waals surface area contributed by atoms with Gasteiger partial charge in [-0.3, -0.25) is 5.43 Å².